The Morgan fingerprint density at radius 1 is 1.24 bits per heavy atom. The van der Waals surface area contributed by atoms with E-state index in [9.17, 15) is 12.8 Å². The van der Waals surface area contributed by atoms with Crippen LogP contribution in [0.25, 0.3) is 11.0 Å². The van der Waals surface area contributed by atoms with Gasteiger partial charge in [0.2, 0.25) is 10.0 Å². The topological polar surface area (TPSA) is 64.4 Å². The van der Waals surface area contributed by atoms with E-state index in [4.69, 9.17) is 21.3 Å². The van der Waals surface area contributed by atoms with Crippen molar-refractivity contribution < 1.29 is 17.5 Å². The van der Waals surface area contributed by atoms with Gasteiger partial charge in [-0.25, -0.2) is 17.8 Å². The Morgan fingerprint density at radius 2 is 2.03 bits per heavy atom. The van der Waals surface area contributed by atoms with Crippen molar-refractivity contribution in [3.63, 3.8) is 0 Å². The number of hydrogen-bond acceptors (Lipinski definition) is 5. The van der Waals surface area contributed by atoms with Gasteiger partial charge >= 0.3 is 0 Å². The Hall–Kier alpha value is -1.65. The van der Waals surface area contributed by atoms with E-state index in [1.165, 1.54) is 22.1 Å². The highest BCUT2D eigenvalue weighted by molar-refractivity contribution is 7.98. The zero-order chi connectivity index (χ0) is 23.6. The van der Waals surface area contributed by atoms with Gasteiger partial charge in [0, 0.05) is 30.5 Å². The second-order valence-electron chi connectivity index (χ2n) is 7.90. The maximum absolute atomic E-state index is 14.3. The summed E-state index contributed by atoms with van der Waals surface area (Å²) in [6.07, 6.45) is 2.06. The summed E-state index contributed by atoms with van der Waals surface area (Å²) >= 11 is 7.28. The van der Waals surface area contributed by atoms with Crippen molar-refractivity contribution >= 4 is 44.4 Å². The molecule has 1 saturated heterocycles. The molecule has 2 aromatic carbocycles. The molecule has 0 radical (unpaired) electrons. The first-order valence-corrected chi connectivity index (χ1v) is 13.8. The number of thioether (sulfide) groups is 1. The maximum Gasteiger partial charge on any atom is 0.243 e. The van der Waals surface area contributed by atoms with Gasteiger partial charge in [-0.1, -0.05) is 43.3 Å². The highest BCUT2D eigenvalue weighted by Crippen LogP contribution is 2.31. The predicted molar refractivity (Wildman–Crippen MR) is 130 cm³/mol. The number of rotatable bonds is 9. The van der Waals surface area contributed by atoms with Crippen molar-refractivity contribution in [1.82, 2.24) is 13.9 Å². The molecule has 3 aromatic rings. The van der Waals surface area contributed by atoms with Gasteiger partial charge in [-0.2, -0.15) is 4.31 Å². The van der Waals surface area contributed by atoms with Crippen LogP contribution in [-0.2, 0) is 27.1 Å². The zero-order valence-corrected chi connectivity index (χ0v) is 21.0. The molecule has 178 valence electrons. The summed E-state index contributed by atoms with van der Waals surface area (Å²) in [5.74, 6) is 0.0204. The van der Waals surface area contributed by atoms with E-state index in [0.717, 1.165) is 25.0 Å². The molecule has 33 heavy (non-hydrogen) atoms. The highest BCUT2D eigenvalue weighted by Gasteiger charge is 2.25. The quantitative estimate of drug-likeness (QED) is 0.363. The first-order valence-electron chi connectivity index (χ1n) is 11.0. The fourth-order valence-electron chi connectivity index (χ4n) is 4.02. The first-order chi connectivity index (χ1) is 15.8. The van der Waals surface area contributed by atoms with Gasteiger partial charge in [0.05, 0.1) is 28.6 Å². The summed E-state index contributed by atoms with van der Waals surface area (Å²) < 4.78 is 49.6. The van der Waals surface area contributed by atoms with Crippen molar-refractivity contribution in [3.05, 3.63) is 52.8 Å². The number of benzene rings is 2. The van der Waals surface area contributed by atoms with E-state index in [1.54, 1.807) is 30.3 Å². The van der Waals surface area contributed by atoms with Crippen LogP contribution in [0.4, 0.5) is 4.39 Å². The van der Waals surface area contributed by atoms with Crippen molar-refractivity contribution in [2.75, 3.05) is 19.7 Å². The van der Waals surface area contributed by atoms with Crippen LogP contribution in [0.15, 0.2) is 46.5 Å². The van der Waals surface area contributed by atoms with Crippen LogP contribution in [0, 0.1) is 5.82 Å². The van der Waals surface area contributed by atoms with Crippen LogP contribution < -0.4 is 0 Å². The summed E-state index contributed by atoms with van der Waals surface area (Å²) in [7, 11) is -3.59. The Morgan fingerprint density at radius 3 is 2.70 bits per heavy atom. The molecule has 1 aromatic heterocycles. The smallest absolute Gasteiger partial charge is 0.243 e. The molecule has 1 fully saturated rings. The highest BCUT2D eigenvalue weighted by atomic mass is 35.5. The van der Waals surface area contributed by atoms with Crippen molar-refractivity contribution in [2.24, 2.45) is 0 Å². The summed E-state index contributed by atoms with van der Waals surface area (Å²) in [6, 6.07) is 9.71. The number of sulfonamides is 1. The van der Waals surface area contributed by atoms with Gasteiger partial charge in [-0.05, 0) is 48.7 Å². The SMILES string of the molecule is CCN(CC)S(=O)(=O)c1ccc2c(c1)nc(SCc1ccc(Cl)cc1F)n2CC1CCCO1. The van der Waals surface area contributed by atoms with E-state index >= 15 is 0 Å². The minimum absolute atomic E-state index is 0.0769. The van der Waals surface area contributed by atoms with Gasteiger partial charge in [0.25, 0.3) is 0 Å². The van der Waals surface area contributed by atoms with Crippen molar-refractivity contribution in [1.29, 1.82) is 0 Å². The number of fused-ring (bicyclic) bond motifs is 1. The Bertz CT molecular complexity index is 1240. The molecule has 10 heteroatoms. The number of aromatic nitrogens is 2. The lowest BCUT2D eigenvalue weighted by atomic mass is 10.2. The lowest BCUT2D eigenvalue weighted by Gasteiger charge is -2.18. The van der Waals surface area contributed by atoms with Gasteiger partial charge in [-0.3, -0.25) is 0 Å². The molecule has 2 heterocycles. The van der Waals surface area contributed by atoms with E-state index in [2.05, 4.69) is 4.57 Å². The molecule has 0 saturated carbocycles. The minimum Gasteiger partial charge on any atom is -0.376 e. The molecular formula is C23H27ClFN3O3S2. The fraction of sp³-hybridized carbons (Fsp3) is 0.435. The third-order valence-electron chi connectivity index (χ3n) is 5.81. The Kier molecular flexibility index (Phi) is 7.65. The summed E-state index contributed by atoms with van der Waals surface area (Å²) in [5.41, 5.74) is 1.97. The summed E-state index contributed by atoms with van der Waals surface area (Å²) in [4.78, 5) is 4.96. The van der Waals surface area contributed by atoms with Gasteiger partial charge in [-0.15, -0.1) is 0 Å². The molecule has 1 aliphatic heterocycles. The first kappa shape index (κ1) is 24.5. The van der Waals surface area contributed by atoms with Crippen LogP contribution in [0.2, 0.25) is 5.02 Å². The molecule has 1 aliphatic rings. The molecule has 0 N–H and O–H groups in total. The molecule has 0 bridgehead atoms. The van der Waals surface area contributed by atoms with E-state index < -0.39 is 10.0 Å². The maximum atomic E-state index is 14.3. The van der Waals surface area contributed by atoms with Crippen LogP contribution in [0.1, 0.15) is 32.3 Å². The zero-order valence-electron chi connectivity index (χ0n) is 18.6. The molecule has 0 amide bonds. The standard InChI is InChI=1S/C23H27ClFN3O3S2/c1-3-27(4-2)33(29,30)19-9-10-22-21(13-19)26-23(28(22)14-18-6-5-11-31-18)32-15-16-7-8-17(24)12-20(16)25/h7-10,12-13,18H,3-6,11,14-15H2,1-2H3. The average molecular weight is 512 g/mol. The van der Waals surface area contributed by atoms with Crippen LogP contribution in [0.3, 0.4) is 0 Å². The number of nitrogens with zero attached hydrogens (tertiary/aromatic N) is 3. The molecular weight excluding hydrogens is 485 g/mol. The second kappa shape index (κ2) is 10.3. The number of hydrogen-bond donors (Lipinski definition) is 0. The lowest BCUT2D eigenvalue weighted by Crippen LogP contribution is -2.30. The lowest BCUT2D eigenvalue weighted by molar-refractivity contribution is 0.0960. The van der Waals surface area contributed by atoms with E-state index in [-0.39, 0.29) is 16.8 Å². The third kappa shape index (κ3) is 5.22. The average Bonchev–Trinajstić information content (AvgIpc) is 3.42. The number of halogens is 2. The van der Waals surface area contributed by atoms with Crippen molar-refractivity contribution in [2.45, 2.75) is 55.1 Å². The van der Waals surface area contributed by atoms with Crippen molar-refractivity contribution in [3.8, 4) is 0 Å². The number of imidazole rings is 1. The van der Waals surface area contributed by atoms with Gasteiger partial charge in [0.15, 0.2) is 5.16 Å². The fourth-order valence-corrected chi connectivity index (χ4v) is 6.67. The monoisotopic (exact) mass is 511 g/mol. The molecule has 4 rings (SSSR count). The Balaban J connectivity index is 1.70. The van der Waals surface area contributed by atoms with Crippen LogP contribution in [-0.4, -0.2) is 48.1 Å². The second-order valence-corrected chi connectivity index (χ2v) is 11.2. The number of ether oxygens (including phenoxy) is 1. The summed E-state index contributed by atoms with van der Waals surface area (Å²) in [6.45, 7) is 5.79. The molecule has 1 unspecified atom stereocenters. The van der Waals surface area contributed by atoms with E-state index in [1.807, 2.05) is 13.8 Å². The molecule has 6 nitrogen and oxygen atoms in total. The van der Waals surface area contributed by atoms with Crippen LogP contribution >= 0.6 is 23.4 Å². The third-order valence-corrected chi connectivity index (χ3v) is 9.12. The summed E-state index contributed by atoms with van der Waals surface area (Å²) in [5, 5.41) is 1.06. The predicted octanol–water partition coefficient (Wildman–Crippen LogP) is 5.33. The van der Waals surface area contributed by atoms with Gasteiger partial charge < -0.3 is 9.30 Å². The minimum atomic E-state index is -3.59. The van der Waals surface area contributed by atoms with Gasteiger partial charge in [0.1, 0.15) is 5.82 Å². The molecule has 0 spiro atoms. The molecule has 1 atom stereocenters. The van der Waals surface area contributed by atoms with Crippen LogP contribution in [0.5, 0.6) is 0 Å². The molecule has 0 aliphatic carbocycles. The normalized spacial score (nSPS) is 16.8. The Labute approximate surface area is 203 Å². The van der Waals surface area contributed by atoms with E-state index in [0.29, 0.717) is 46.6 Å². The largest absolute Gasteiger partial charge is 0.376 e.